The minimum atomic E-state index is 0. The molecule has 0 unspecified atom stereocenters. The van der Waals surface area contributed by atoms with E-state index < -0.39 is 0 Å². The van der Waals surface area contributed by atoms with Gasteiger partial charge < -0.3 is 18.8 Å². The number of hydrogen-bond donors (Lipinski definition) is 0. The molecule has 0 aromatic heterocycles. The van der Waals surface area contributed by atoms with Crippen LogP contribution in [0, 0.1) is 0 Å². The van der Waals surface area contributed by atoms with Crippen LogP contribution in [0.3, 0.4) is 0 Å². The third-order valence-electron chi connectivity index (χ3n) is 0.756. The number of halogens is 4. The first-order valence-corrected chi connectivity index (χ1v) is 3.41. The fourth-order valence-electron chi connectivity index (χ4n) is 0.428. The van der Waals surface area contributed by atoms with Gasteiger partial charge in [-0.15, -0.1) is 0 Å². The van der Waals surface area contributed by atoms with Crippen molar-refractivity contribution < 1.29 is 18.8 Å². The van der Waals surface area contributed by atoms with E-state index in [9.17, 15) is 0 Å². The van der Waals surface area contributed by atoms with E-state index in [2.05, 4.69) is 12.1 Å². The Labute approximate surface area is 76.0 Å². The standard InChI is InChI=1S/C6H5.4FH.Sb/c1-2-4-6-5-3-1;;;;;/h1-5H;4*1H;/q;;;;;+4/p-4. The summed E-state index contributed by atoms with van der Waals surface area (Å²) in [5.74, 6) is 0. The molecule has 0 bridgehead atoms. The van der Waals surface area contributed by atoms with Crippen molar-refractivity contribution in [1.82, 2.24) is 0 Å². The third kappa shape index (κ3) is 9.76. The Morgan fingerprint density at radius 2 is 1.09 bits per heavy atom. The quantitative estimate of drug-likeness (QED) is 0.326. The first kappa shape index (κ1) is 22.4. The van der Waals surface area contributed by atoms with E-state index in [0.717, 1.165) is 0 Å². The van der Waals surface area contributed by atoms with Crippen molar-refractivity contribution in [1.29, 1.82) is 0 Å². The Hall–Kier alpha value is -0.242. The molecule has 11 heavy (non-hydrogen) atoms. The molecule has 0 nitrogen and oxygen atoms in total. The average Bonchev–Trinajstić information content (AvgIpc) is 1.69. The third-order valence-corrected chi connectivity index (χ3v) is 1.61. The monoisotopic (exact) mass is 274 g/mol. The van der Waals surface area contributed by atoms with Crippen LogP contribution in [0.2, 0.25) is 0 Å². The number of rotatable bonds is 0. The molecule has 0 fully saturated rings. The molecule has 0 N–H and O–H groups in total. The fraction of sp³-hybridized carbons (Fsp3) is 0. The molecule has 5 heteroatoms. The van der Waals surface area contributed by atoms with Gasteiger partial charge in [-0.25, -0.2) is 0 Å². The van der Waals surface area contributed by atoms with Crippen LogP contribution in [0.1, 0.15) is 0 Å². The number of hydrogen-bond acceptors (Lipinski definition) is 0. The van der Waals surface area contributed by atoms with Crippen LogP contribution in [0.5, 0.6) is 0 Å². The van der Waals surface area contributed by atoms with Gasteiger partial charge in [-0.2, -0.15) is 0 Å². The van der Waals surface area contributed by atoms with Crippen LogP contribution in [0.4, 0.5) is 0 Å². The molecular formula is C6H5F4Sb. The molecule has 1 aromatic rings. The minimum absolute atomic E-state index is 0. The van der Waals surface area contributed by atoms with Gasteiger partial charge in [0, 0.05) is 0 Å². The van der Waals surface area contributed by atoms with Crippen molar-refractivity contribution in [2.45, 2.75) is 0 Å². The van der Waals surface area contributed by atoms with Gasteiger partial charge in [0.25, 0.3) is 0 Å². The molecule has 0 atom stereocenters. The van der Waals surface area contributed by atoms with E-state index >= 15 is 0 Å². The summed E-state index contributed by atoms with van der Waals surface area (Å²) < 4.78 is 1.37. The first-order chi connectivity index (χ1) is 3.39. The van der Waals surface area contributed by atoms with Gasteiger partial charge >= 0.3 is 56.9 Å². The van der Waals surface area contributed by atoms with Crippen molar-refractivity contribution in [3.8, 4) is 0 Å². The molecule has 0 saturated heterocycles. The maximum atomic E-state index is 2.11. The fourth-order valence-corrected chi connectivity index (χ4v) is 0.919. The zero-order chi connectivity index (χ0) is 5.11. The topological polar surface area (TPSA) is 0 Å². The Morgan fingerprint density at radius 3 is 1.27 bits per heavy atom. The summed E-state index contributed by atoms with van der Waals surface area (Å²) in [5, 5.41) is 0. The zero-order valence-corrected chi connectivity index (χ0v) is 7.90. The van der Waals surface area contributed by atoms with E-state index in [1.807, 2.05) is 18.2 Å². The maximum absolute atomic E-state index is 2.11. The van der Waals surface area contributed by atoms with E-state index in [1.54, 1.807) is 23.0 Å². The van der Waals surface area contributed by atoms with Crippen molar-refractivity contribution in [2.24, 2.45) is 0 Å². The molecule has 1 rings (SSSR count). The van der Waals surface area contributed by atoms with Gasteiger partial charge in [0.1, 0.15) is 0 Å². The van der Waals surface area contributed by atoms with Crippen LogP contribution >= 0.6 is 0 Å². The zero-order valence-electron chi connectivity index (χ0n) is 5.35. The molecular weight excluding hydrogens is 270 g/mol. The normalized spacial score (nSPS) is 5.64. The summed E-state index contributed by atoms with van der Waals surface area (Å²) in [6.07, 6.45) is 0. The van der Waals surface area contributed by atoms with E-state index in [4.69, 9.17) is 0 Å². The van der Waals surface area contributed by atoms with Crippen LogP contribution in [0.25, 0.3) is 0 Å². The Balaban J connectivity index is -0.0000000612. The summed E-state index contributed by atoms with van der Waals surface area (Å²) in [6, 6.07) is 10.3. The second-order valence-corrected chi connectivity index (χ2v) is 2.81. The van der Waals surface area contributed by atoms with Crippen molar-refractivity contribution in [2.75, 3.05) is 0 Å². The van der Waals surface area contributed by atoms with Gasteiger partial charge in [0.05, 0.1) is 0 Å². The van der Waals surface area contributed by atoms with Gasteiger partial charge in [-0.1, -0.05) is 0 Å². The first-order valence-electron chi connectivity index (χ1n) is 2.13. The summed E-state index contributed by atoms with van der Waals surface area (Å²) in [4.78, 5) is 0. The van der Waals surface area contributed by atoms with Crippen molar-refractivity contribution >= 4 is 26.5 Å². The molecule has 0 amide bonds. The van der Waals surface area contributed by atoms with Gasteiger partial charge in [-0.05, 0) is 0 Å². The van der Waals surface area contributed by atoms with Gasteiger partial charge in [0.15, 0.2) is 0 Å². The summed E-state index contributed by atoms with van der Waals surface area (Å²) in [6.45, 7) is 0. The Kier molecular flexibility index (Phi) is 25.4. The van der Waals surface area contributed by atoms with Crippen LogP contribution in [0.15, 0.2) is 30.3 Å². The molecule has 0 radical (unpaired) electrons. The Bertz CT molecular complexity index is 145. The molecule has 62 valence electrons. The van der Waals surface area contributed by atoms with Crippen molar-refractivity contribution in [3.05, 3.63) is 30.3 Å². The second-order valence-electron chi connectivity index (χ2n) is 1.34. The number of benzene rings is 1. The summed E-state index contributed by atoms with van der Waals surface area (Å²) in [5.41, 5.74) is 0. The molecule has 0 heterocycles. The molecule has 0 spiro atoms. The Morgan fingerprint density at radius 1 is 0.727 bits per heavy atom. The molecule has 0 aliphatic carbocycles. The van der Waals surface area contributed by atoms with E-state index in [1.165, 1.54) is 3.51 Å². The van der Waals surface area contributed by atoms with E-state index in [-0.39, 0.29) is 18.8 Å². The summed E-state index contributed by atoms with van der Waals surface area (Å²) in [7, 11) is 0. The van der Waals surface area contributed by atoms with Gasteiger partial charge in [-0.3, -0.25) is 0 Å². The van der Waals surface area contributed by atoms with Crippen LogP contribution < -0.4 is 22.3 Å². The SMILES string of the molecule is [F-].[F-].[F-].[F-].[Sb+4][c]1ccccc1. The van der Waals surface area contributed by atoms with Crippen molar-refractivity contribution in [3.63, 3.8) is 0 Å². The molecule has 1 aromatic carbocycles. The molecule has 0 aliphatic heterocycles. The molecule has 0 saturated carbocycles. The van der Waals surface area contributed by atoms with Crippen LogP contribution in [-0.2, 0) is 0 Å². The molecule has 0 aliphatic rings. The second kappa shape index (κ2) is 12.4. The average molecular weight is 275 g/mol. The predicted octanol–water partition coefficient (Wildman–Crippen LogP) is -11.5. The van der Waals surface area contributed by atoms with Gasteiger partial charge in [0.2, 0.25) is 0 Å². The van der Waals surface area contributed by atoms with E-state index in [0.29, 0.717) is 0 Å². The summed E-state index contributed by atoms with van der Waals surface area (Å²) >= 11 is 1.76. The predicted molar refractivity (Wildman–Crippen MR) is 31.8 cm³/mol. The van der Waals surface area contributed by atoms with Crippen LogP contribution in [-0.4, -0.2) is 23.0 Å².